The van der Waals surface area contributed by atoms with Gasteiger partial charge in [-0.15, -0.1) is 0 Å². The second-order valence-electron chi connectivity index (χ2n) is 6.49. The summed E-state index contributed by atoms with van der Waals surface area (Å²) in [7, 11) is 1.59. The number of amidine groups is 1. The zero-order valence-electron chi connectivity index (χ0n) is 17.3. The van der Waals surface area contributed by atoms with Crippen LogP contribution in [0, 0.1) is 0 Å². The van der Waals surface area contributed by atoms with Crippen LogP contribution in [0.4, 0.5) is 11.4 Å². The van der Waals surface area contributed by atoms with Crippen molar-refractivity contribution in [3.63, 3.8) is 0 Å². The highest BCUT2D eigenvalue weighted by Gasteiger charge is 2.38. The van der Waals surface area contributed by atoms with E-state index in [-0.39, 0.29) is 18.2 Å². The first kappa shape index (κ1) is 21.7. The number of rotatable bonds is 8. The van der Waals surface area contributed by atoms with Crippen LogP contribution in [0.25, 0.3) is 0 Å². The van der Waals surface area contributed by atoms with Gasteiger partial charge < -0.3 is 14.8 Å². The third kappa shape index (κ3) is 5.33. The summed E-state index contributed by atoms with van der Waals surface area (Å²) < 4.78 is 10.6. The lowest BCUT2D eigenvalue weighted by molar-refractivity contribution is -0.128. The maximum Gasteiger partial charge on any atom is 0.242 e. The van der Waals surface area contributed by atoms with E-state index in [1.165, 1.54) is 11.8 Å². The first-order valence-electron chi connectivity index (χ1n) is 9.77. The predicted molar refractivity (Wildman–Crippen MR) is 120 cm³/mol. The second-order valence-corrected chi connectivity index (χ2v) is 7.66. The maximum atomic E-state index is 12.8. The van der Waals surface area contributed by atoms with Gasteiger partial charge in [-0.05, 0) is 50.2 Å². The van der Waals surface area contributed by atoms with Crippen LogP contribution in [0.1, 0.15) is 20.3 Å². The van der Waals surface area contributed by atoms with Crippen LogP contribution >= 0.6 is 11.8 Å². The highest BCUT2D eigenvalue weighted by molar-refractivity contribution is 8.15. The summed E-state index contributed by atoms with van der Waals surface area (Å²) in [5.41, 5.74) is 1.36. The van der Waals surface area contributed by atoms with E-state index in [9.17, 15) is 9.59 Å². The minimum Gasteiger partial charge on any atom is -0.497 e. The van der Waals surface area contributed by atoms with Crippen molar-refractivity contribution in [3.8, 4) is 11.5 Å². The van der Waals surface area contributed by atoms with E-state index in [0.717, 1.165) is 5.75 Å². The minimum atomic E-state index is -0.503. The van der Waals surface area contributed by atoms with Crippen LogP contribution in [0.2, 0.25) is 0 Å². The fraction of sp³-hybridized carbons (Fsp3) is 0.318. The van der Waals surface area contributed by atoms with Gasteiger partial charge in [-0.2, -0.15) is 0 Å². The second kappa shape index (κ2) is 10.2. The molecule has 1 aliphatic heterocycles. The van der Waals surface area contributed by atoms with E-state index >= 15 is 0 Å². The molecule has 0 aromatic heterocycles. The fourth-order valence-electron chi connectivity index (χ4n) is 2.99. The van der Waals surface area contributed by atoms with Crippen molar-refractivity contribution in [1.82, 2.24) is 4.90 Å². The lowest BCUT2D eigenvalue weighted by Crippen LogP contribution is -2.33. The summed E-state index contributed by atoms with van der Waals surface area (Å²) in [4.78, 5) is 31.5. The molecular weight excluding hydrogens is 402 g/mol. The molecule has 8 heteroatoms. The number of methoxy groups -OCH3 is 1. The van der Waals surface area contributed by atoms with E-state index in [1.807, 2.05) is 32.0 Å². The van der Waals surface area contributed by atoms with Gasteiger partial charge >= 0.3 is 0 Å². The molecule has 1 saturated heterocycles. The average molecular weight is 428 g/mol. The van der Waals surface area contributed by atoms with Crippen molar-refractivity contribution in [1.29, 1.82) is 0 Å². The number of amides is 2. The molecule has 2 amide bonds. The Kier molecular flexibility index (Phi) is 7.35. The summed E-state index contributed by atoms with van der Waals surface area (Å²) in [6.45, 7) is 4.88. The number of anilines is 1. The Bertz CT molecular complexity index is 930. The summed E-state index contributed by atoms with van der Waals surface area (Å²) in [6.07, 6.45) is 0.0738. The molecule has 0 radical (unpaired) electrons. The Morgan fingerprint density at radius 3 is 2.60 bits per heavy atom. The number of hydrogen-bond donors (Lipinski definition) is 1. The van der Waals surface area contributed by atoms with Crippen molar-refractivity contribution < 1.29 is 19.1 Å². The van der Waals surface area contributed by atoms with Gasteiger partial charge in [0.2, 0.25) is 11.8 Å². The predicted octanol–water partition coefficient (Wildman–Crippen LogP) is 4.07. The Hall–Kier alpha value is -3.00. The molecule has 1 aliphatic rings. The highest BCUT2D eigenvalue weighted by atomic mass is 32.2. The number of thioether (sulfide) groups is 1. The number of benzene rings is 2. The van der Waals surface area contributed by atoms with Crippen LogP contribution in [-0.2, 0) is 9.59 Å². The molecular formula is C22H25N3O4S. The molecule has 2 aromatic carbocycles. The maximum absolute atomic E-state index is 12.8. The third-order valence-electron chi connectivity index (χ3n) is 4.43. The van der Waals surface area contributed by atoms with E-state index < -0.39 is 5.25 Å². The minimum absolute atomic E-state index is 0.0738. The number of aliphatic imine (C=N–C) groups is 1. The number of carbonyl (C=O) groups is 2. The quantitative estimate of drug-likeness (QED) is 0.687. The van der Waals surface area contributed by atoms with Crippen LogP contribution < -0.4 is 14.8 Å². The van der Waals surface area contributed by atoms with Gasteiger partial charge in [0.25, 0.3) is 0 Å². The molecule has 2 aromatic rings. The summed E-state index contributed by atoms with van der Waals surface area (Å²) in [5.74, 6) is 1.11. The van der Waals surface area contributed by atoms with Crippen molar-refractivity contribution in [2.45, 2.75) is 25.5 Å². The molecule has 1 fully saturated rings. The van der Waals surface area contributed by atoms with E-state index in [4.69, 9.17) is 9.47 Å². The Labute approximate surface area is 180 Å². The van der Waals surface area contributed by atoms with Gasteiger partial charge in [0, 0.05) is 24.7 Å². The standard InChI is InChI=1S/C22H25N3O4S/c1-4-25-21(27)19(30-22(25)24-16-7-6-8-18(13-16)28-3)14-20(26)23-15-9-11-17(12-10-15)29-5-2/h6-13,19H,4-5,14H2,1-3H3,(H,23,26)/t19-/m1/s1. The molecule has 0 spiro atoms. The molecule has 1 atom stereocenters. The molecule has 1 N–H and O–H groups in total. The number of nitrogens with zero attached hydrogens (tertiary/aromatic N) is 2. The molecule has 30 heavy (non-hydrogen) atoms. The summed E-state index contributed by atoms with van der Waals surface area (Å²) >= 11 is 1.31. The molecule has 158 valence electrons. The van der Waals surface area contributed by atoms with Crippen molar-refractivity contribution in [2.24, 2.45) is 4.99 Å². The lowest BCUT2D eigenvalue weighted by Gasteiger charge is -2.13. The highest BCUT2D eigenvalue weighted by Crippen LogP contribution is 2.32. The molecule has 0 unspecified atom stereocenters. The van der Waals surface area contributed by atoms with Gasteiger partial charge in [0.05, 0.1) is 19.4 Å². The summed E-state index contributed by atoms with van der Waals surface area (Å²) in [5, 5.41) is 2.93. The van der Waals surface area contributed by atoms with Crippen LogP contribution in [0.3, 0.4) is 0 Å². The number of hydrogen-bond acceptors (Lipinski definition) is 6. The number of ether oxygens (including phenoxy) is 2. The normalized spacial score (nSPS) is 17.3. The molecule has 7 nitrogen and oxygen atoms in total. The Morgan fingerprint density at radius 1 is 1.17 bits per heavy atom. The van der Waals surface area contributed by atoms with Gasteiger partial charge in [-0.3, -0.25) is 14.5 Å². The van der Waals surface area contributed by atoms with E-state index in [2.05, 4.69) is 10.3 Å². The van der Waals surface area contributed by atoms with Gasteiger partial charge in [0.15, 0.2) is 5.17 Å². The topological polar surface area (TPSA) is 80.2 Å². The van der Waals surface area contributed by atoms with Crippen molar-refractivity contribution >= 4 is 40.1 Å². The first-order valence-corrected chi connectivity index (χ1v) is 10.7. The zero-order chi connectivity index (χ0) is 21.5. The molecule has 3 rings (SSSR count). The Morgan fingerprint density at radius 2 is 1.93 bits per heavy atom. The largest absolute Gasteiger partial charge is 0.497 e. The van der Waals surface area contributed by atoms with E-state index in [1.54, 1.807) is 42.3 Å². The van der Waals surface area contributed by atoms with Gasteiger partial charge in [-0.1, -0.05) is 17.8 Å². The third-order valence-corrected chi connectivity index (χ3v) is 5.61. The molecule has 1 heterocycles. The fourth-order valence-corrected chi connectivity index (χ4v) is 4.21. The molecule has 0 bridgehead atoms. The van der Waals surface area contributed by atoms with Gasteiger partial charge in [0.1, 0.15) is 16.7 Å². The SMILES string of the molecule is CCOc1ccc(NC(=O)C[C@H]2SC(=Nc3cccc(OC)c3)N(CC)C2=O)cc1. The van der Waals surface area contributed by atoms with Crippen LogP contribution in [-0.4, -0.2) is 47.4 Å². The number of nitrogens with one attached hydrogen (secondary N) is 1. The zero-order valence-corrected chi connectivity index (χ0v) is 18.1. The molecule has 0 aliphatic carbocycles. The van der Waals surface area contributed by atoms with Crippen molar-refractivity contribution in [3.05, 3.63) is 48.5 Å². The monoisotopic (exact) mass is 427 g/mol. The summed E-state index contributed by atoms with van der Waals surface area (Å²) in [6, 6.07) is 14.5. The van der Waals surface area contributed by atoms with Crippen LogP contribution in [0.15, 0.2) is 53.5 Å². The van der Waals surface area contributed by atoms with Crippen molar-refractivity contribution in [2.75, 3.05) is 25.6 Å². The first-order chi connectivity index (χ1) is 14.5. The average Bonchev–Trinajstić information content (AvgIpc) is 3.03. The van der Waals surface area contributed by atoms with E-state index in [0.29, 0.717) is 35.4 Å². The molecule has 0 saturated carbocycles. The number of carbonyl (C=O) groups excluding carboxylic acids is 2. The smallest absolute Gasteiger partial charge is 0.242 e. The lowest BCUT2D eigenvalue weighted by atomic mass is 10.2. The Balaban J connectivity index is 1.66. The van der Waals surface area contributed by atoms with Gasteiger partial charge in [-0.25, -0.2) is 4.99 Å². The van der Waals surface area contributed by atoms with Crippen LogP contribution in [0.5, 0.6) is 11.5 Å².